The molecule has 0 radical (unpaired) electrons. The topological polar surface area (TPSA) is 69.8 Å². The number of nitrogens with zero attached hydrogens (tertiary/aromatic N) is 1. The molecule has 2 heterocycles. The number of aryl methyl sites for hydroxylation is 2. The first kappa shape index (κ1) is 23.4. The molecule has 3 N–H and O–H groups in total. The van der Waals surface area contributed by atoms with Crippen molar-refractivity contribution in [1.29, 1.82) is 0 Å². The van der Waals surface area contributed by atoms with Crippen molar-refractivity contribution in [2.75, 3.05) is 5.32 Å². The van der Waals surface area contributed by atoms with Gasteiger partial charge in [-0.1, -0.05) is 60.7 Å². The minimum absolute atomic E-state index is 0.0124. The summed E-state index contributed by atoms with van der Waals surface area (Å²) in [6.07, 6.45) is 7.48. The van der Waals surface area contributed by atoms with Gasteiger partial charge in [-0.3, -0.25) is 9.78 Å². The van der Waals surface area contributed by atoms with Crippen LogP contribution >= 0.6 is 0 Å². The molecule has 2 aromatic heterocycles. The fraction of sp³-hybridized carbons (Fsp3) is 0.161. The highest BCUT2D eigenvalue weighted by atomic mass is 16.1. The number of para-hydroxylation sites is 1. The zero-order valence-electron chi connectivity index (χ0n) is 20.2. The van der Waals surface area contributed by atoms with Gasteiger partial charge in [0.05, 0.1) is 18.7 Å². The number of benzene rings is 3. The van der Waals surface area contributed by atoms with Crippen LogP contribution in [0, 0.1) is 0 Å². The molecule has 0 saturated heterocycles. The van der Waals surface area contributed by atoms with E-state index in [0.717, 1.165) is 41.9 Å². The van der Waals surface area contributed by atoms with Gasteiger partial charge in [0.2, 0.25) is 5.91 Å². The standard InChI is InChI=1S/C31H30N4O/c36-31(19-24-7-2-1-3-8-24)34-22-28-20-27(17-18-32-28)35-26-15-13-23(14-16-26)9-6-10-25-21-33-30-12-5-4-11-29(25)30/h1-5,7-8,11-18,20-21,33H,6,9-10,19,22H2,(H,32,35)(H,34,36). The third-order valence-electron chi connectivity index (χ3n) is 6.32. The Labute approximate surface area is 211 Å². The van der Waals surface area contributed by atoms with Crippen molar-refractivity contribution < 1.29 is 4.79 Å². The van der Waals surface area contributed by atoms with Crippen LogP contribution in [-0.2, 0) is 30.6 Å². The lowest BCUT2D eigenvalue weighted by Gasteiger charge is -2.10. The zero-order valence-corrected chi connectivity index (χ0v) is 20.2. The summed E-state index contributed by atoms with van der Waals surface area (Å²) in [5.41, 5.74) is 7.71. The number of carbonyl (C=O) groups is 1. The van der Waals surface area contributed by atoms with Gasteiger partial charge in [-0.05, 0) is 66.3 Å². The van der Waals surface area contributed by atoms with E-state index in [1.807, 2.05) is 42.5 Å². The van der Waals surface area contributed by atoms with E-state index in [-0.39, 0.29) is 5.91 Å². The summed E-state index contributed by atoms with van der Waals surface area (Å²) in [6.45, 7) is 0.399. The van der Waals surface area contributed by atoms with E-state index < -0.39 is 0 Å². The normalized spacial score (nSPS) is 10.9. The summed E-state index contributed by atoms with van der Waals surface area (Å²) in [5, 5.41) is 7.72. The lowest BCUT2D eigenvalue weighted by molar-refractivity contribution is -0.120. The molecule has 0 fully saturated rings. The van der Waals surface area contributed by atoms with E-state index >= 15 is 0 Å². The number of aromatic amines is 1. The van der Waals surface area contributed by atoms with Crippen LogP contribution in [0.1, 0.15) is 28.8 Å². The van der Waals surface area contributed by atoms with Crippen LogP contribution in [0.4, 0.5) is 11.4 Å². The van der Waals surface area contributed by atoms with Crippen molar-refractivity contribution in [3.8, 4) is 0 Å². The monoisotopic (exact) mass is 474 g/mol. The highest BCUT2D eigenvalue weighted by molar-refractivity contribution is 5.83. The van der Waals surface area contributed by atoms with Gasteiger partial charge in [-0.2, -0.15) is 0 Å². The minimum atomic E-state index is -0.0124. The fourth-order valence-corrected chi connectivity index (χ4v) is 4.43. The highest BCUT2D eigenvalue weighted by Gasteiger charge is 2.06. The molecule has 0 atom stereocenters. The SMILES string of the molecule is O=C(Cc1ccccc1)NCc1cc(Nc2ccc(CCCc3c[nH]c4ccccc34)cc2)ccn1. The molecule has 0 aliphatic carbocycles. The van der Waals surface area contributed by atoms with Crippen molar-refractivity contribution in [1.82, 2.24) is 15.3 Å². The van der Waals surface area contributed by atoms with Crippen molar-refractivity contribution in [2.45, 2.75) is 32.2 Å². The summed E-state index contributed by atoms with van der Waals surface area (Å²) in [7, 11) is 0. The number of pyridine rings is 1. The summed E-state index contributed by atoms with van der Waals surface area (Å²) in [5.74, 6) is -0.0124. The Balaban J connectivity index is 1.10. The lowest BCUT2D eigenvalue weighted by atomic mass is 10.0. The van der Waals surface area contributed by atoms with Crippen LogP contribution in [0.2, 0.25) is 0 Å². The van der Waals surface area contributed by atoms with Gasteiger partial charge in [-0.15, -0.1) is 0 Å². The molecular weight excluding hydrogens is 444 g/mol. The average molecular weight is 475 g/mol. The molecule has 0 unspecified atom stereocenters. The first-order valence-electron chi connectivity index (χ1n) is 12.4. The summed E-state index contributed by atoms with van der Waals surface area (Å²) in [4.78, 5) is 20.0. The summed E-state index contributed by atoms with van der Waals surface area (Å²) < 4.78 is 0. The van der Waals surface area contributed by atoms with Gasteiger partial charge < -0.3 is 15.6 Å². The van der Waals surface area contributed by atoms with Gasteiger partial charge in [-0.25, -0.2) is 0 Å². The molecule has 0 spiro atoms. The second-order valence-corrected chi connectivity index (χ2v) is 9.01. The maximum Gasteiger partial charge on any atom is 0.224 e. The van der Waals surface area contributed by atoms with E-state index in [9.17, 15) is 4.79 Å². The number of carbonyl (C=O) groups excluding carboxylic acids is 1. The number of H-pyrrole nitrogens is 1. The third kappa shape index (κ3) is 6.19. The van der Waals surface area contributed by atoms with Crippen molar-refractivity contribution in [2.24, 2.45) is 0 Å². The van der Waals surface area contributed by atoms with Crippen LogP contribution < -0.4 is 10.6 Å². The van der Waals surface area contributed by atoms with Gasteiger partial charge >= 0.3 is 0 Å². The molecular formula is C31H30N4O. The minimum Gasteiger partial charge on any atom is -0.361 e. The second kappa shape index (κ2) is 11.4. The maximum atomic E-state index is 12.2. The molecule has 5 rings (SSSR count). The first-order valence-corrected chi connectivity index (χ1v) is 12.4. The number of hydrogen-bond acceptors (Lipinski definition) is 3. The summed E-state index contributed by atoms with van der Waals surface area (Å²) >= 11 is 0. The third-order valence-corrected chi connectivity index (χ3v) is 6.32. The smallest absolute Gasteiger partial charge is 0.224 e. The molecule has 5 nitrogen and oxygen atoms in total. The second-order valence-electron chi connectivity index (χ2n) is 9.01. The maximum absolute atomic E-state index is 12.2. The van der Waals surface area contributed by atoms with Crippen molar-refractivity contribution in [3.63, 3.8) is 0 Å². The average Bonchev–Trinajstić information content (AvgIpc) is 3.32. The predicted octanol–water partition coefficient (Wildman–Crippen LogP) is 6.34. The van der Waals surface area contributed by atoms with Gasteiger partial charge in [0.25, 0.3) is 0 Å². The van der Waals surface area contributed by atoms with Crippen LogP contribution in [-0.4, -0.2) is 15.9 Å². The number of rotatable bonds is 10. The van der Waals surface area contributed by atoms with E-state index in [0.29, 0.717) is 13.0 Å². The van der Waals surface area contributed by atoms with Crippen molar-refractivity contribution >= 4 is 28.2 Å². The Morgan fingerprint density at radius 1 is 0.806 bits per heavy atom. The zero-order chi connectivity index (χ0) is 24.6. The Hall–Kier alpha value is -4.38. The Morgan fingerprint density at radius 2 is 1.61 bits per heavy atom. The molecule has 0 saturated carbocycles. The van der Waals surface area contributed by atoms with E-state index in [1.165, 1.54) is 22.0 Å². The fourth-order valence-electron chi connectivity index (χ4n) is 4.43. The molecule has 180 valence electrons. The van der Waals surface area contributed by atoms with Gasteiger partial charge in [0.1, 0.15) is 0 Å². The highest BCUT2D eigenvalue weighted by Crippen LogP contribution is 2.21. The van der Waals surface area contributed by atoms with E-state index in [4.69, 9.17) is 0 Å². The number of hydrogen-bond donors (Lipinski definition) is 3. The van der Waals surface area contributed by atoms with Gasteiger partial charge in [0.15, 0.2) is 0 Å². The van der Waals surface area contributed by atoms with Crippen LogP contribution in [0.3, 0.4) is 0 Å². The number of amides is 1. The van der Waals surface area contributed by atoms with E-state index in [1.54, 1.807) is 6.20 Å². The van der Waals surface area contributed by atoms with Crippen LogP contribution in [0.5, 0.6) is 0 Å². The lowest BCUT2D eigenvalue weighted by Crippen LogP contribution is -2.25. The summed E-state index contributed by atoms with van der Waals surface area (Å²) in [6, 6.07) is 30.7. The molecule has 1 amide bonds. The molecule has 36 heavy (non-hydrogen) atoms. The molecule has 5 aromatic rings. The Bertz CT molecular complexity index is 1420. The largest absolute Gasteiger partial charge is 0.361 e. The van der Waals surface area contributed by atoms with Crippen molar-refractivity contribution in [3.05, 3.63) is 126 Å². The number of nitrogens with one attached hydrogen (secondary N) is 3. The van der Waals surface area contributed by atoms with Gasteiger partial charge in [0, 0.05) is 34.7 Å². The molecule has 3 aromatic carbocycles. The number of fused-ring (bicyclic) bond motifs is 1. The molecule has 0 aliphatic heterocycles. The molecule has 0 bridgehead atoms. The Kier molecular flexibility index (Phi) is 7.38. The first-order chi connectivity index (χ1) is 17.7. The number of anilines is 2. The van der Waals surface area contributed by atoms with Crippen LogP contribution in [0.25, 0.3) is 10.9 Å². The predicted molar refractivity (Wildman–Crippen MR) is 146 cm³/mol. The molecule has 5 heteroatoms. The van der Waals surface area contributed by atoms with Crippen LogP contribution in [0.15, 0.2) is 103 Å². The Morgan fingerprint density at radius 3 is 2.47 bits per heavy atom. The number of aromatic nitrogens is 2. The van der Waals surface area contributed by atoms with E-state index in [2.05, 4.69) is 75.3 Å². The molecule has 0 aliphatic rings. The quantitative estimate of drug-likeness (QED) is 0.221.